The van der Waals surface area contributed by atoms with Crippen LogP contribution in [-0.2, 0) is 11.2 Å². The molecule has 0 saturated carbocycles. The van der Waals surface area contributed by atoms with Crippen molar-refractivity contribution >= 4 is 11.7 Å². The van der Waals surface area contributed by atoms with Crippen molar-refractivity contribution in [1.82, 2.24) is 9.78 Å². The molecule has 0 aliphatic carbocycles. The molecule has 0 bridgehead atoms. The second-order valence-corrected chi connectivity index (χ2v) is 6.21. The molecule has 5 nitrogen and oxygen atoms in total. The molecule has 1 atom stereocenters. The summed E-state index contributed by atoms with van der Waals surface area (Å²) >= 11 is 0. The molecule has 1 aromatic carbocycles. The van der Waals surface area contributed by atoms with Crippen molar-refractivity contribution in [3.63, 3.8) is 0 Å². The summed E-state index contributed by atoms with van der Waals surface area (Å²) in [6.07, 6.45) is 3.32. The van der Waals surface area contributed by atoms with E-state index in [1.165, 1.54) is 6.07 Å². The molecule has 136 valence electrons. The Labute approximate surface area is 151 Å². The SMILES string of the molecule is CCC(C)n1nccc1NC(=O)CCc1ccc(-c2ccccc2F)o1. The number of nitrogens with zero attached hydrogens (tertiary/aromatic N) is 2. The third-order valence-corrected chi connectivity index (χ3v) is 4.35. The van der Waals surface area contributed by atoms with Gasteiger partial charge in [-0.1, -0.05) is 19.1 Å². The number of hydrogen-bond donors (Lipinski definition) is 1. The van der Waals surface area contributed by atoms with Crippen LogP contribution in [0.5, 0.6) is 0 Å². The molecule has 1 unspecified atom stereocenters. The Balaban J connectivity index is 1.59. The monoisotopic (exact) mass is 355 g/mol. The summed E-state index contributed by atoms with van der Waals surface area (Å²) in [5.74, 6) is 1.36. The number of carbonyl (C=O) groups excluding carboxylic acids is 1. The van der Waals surface area contributed by atoms with Crippen LogP contribution >= 0.6 is 0 Å². The Bertz CT molecular complexity index is 885. The van der Waals surface area contributed by atoms with Crippen LogP contribution in [0.25, 0.3) is 11.3 Å². The van der Waals surface area contributed by atoms with E-state index in [9.17, 15) is 9.18 Å². The van der Waals surface area contributed by atoms with Crippen molar-refractivity contribution in [3.8, 4) is 11.3 Å². The van der Waals surface area contributed by atoms with Gasteiger partial charge in [-0.05, 0) is 37.6 Å². The first-order chi connectivity index (χ1) is 12.6. The molecular formula is C20H22FN3O2. The molecule has 3 aromatic rings. The Kier molecular flexibility index (Phi) is 5.51. The van der Waals surface area contributed by atoms with Crippen LogP contribution in [0, 0.1) is 5.82 Å². The van der Waals surface area contributed by atoms with Crippen LogP contribution in [0.1, 0.15) is 38.5 Å². The van der Waals surface area contributed by atoms with Crippen molar-refractivity contribution in [3.05, 3.63) is 60.2 Å². The van der Waals surface area contributed by atoms with Gasteiger partial charge in [0.25, 0.3) is 0 Å². The predicted octanol–water partition coefficient (Wildman–Crippen LogP) is 4.82. The summed E-state index contributed by atoms with van der Waals surface area (Å²) in [6.45, 7) is 4.12. The van der Waals surface area contributed by atoms with E-state index in [4.69, 9.17) is 4.42 Å². The van der Waals surface area contributed by atoms with E-state index in [1.54, 1.807) is 47.3 Å². The number of nitrogens with one attached hydrogen (secondary N) is 1. The van der Waals surface area contributed by atoms with E-state index < -0.39 is 0 Å². The summed E-state index contributed by atoms with van der Waals surface area (Å²) in [5.41, 5.74) is 0.417. The second-order valence-electron chi connectivity index (χ2n) is 6.21. The fraction of sp³-hybridized carbons (Fsp3) is 0.300. The van der Waals surface area contributed by atoms with Gasteiger partial charge < -0.3 is 9.73 Å². The molecule has 3 rings (SSSR count). The maximum absolute atomic E-state index is 13.8. The zero-order chi connectivity index (χ0) is 18.5. The van der Waals surface area contributed by atoms with Crippen molar-refractivity contribution in [2.45, 2.75) is 39.2 Å². The molecule has 6 heteroatoms. The van der Waals surface area contributed by atoms with E-state index in [2.05, 4.69) is 24.3 Å². The first-order valence-electron chi connectivity index (χ1n) is 8.75. The number of halogens is 1. The van der Waals surface area contributed by atoms with Gasteiger partial charge in [-0.25, -0.2) is 9.07 Å². The van der Waals surface area contributed by atoms with Crippen LogP contribution in [0.15, 0.2) is 53.1 Å². The number of furan rings is 1. The Morgan fingerprint density at radius 1 is 1.27 bits per heavy atom. The smallest absolute Gasteiger partial charge is 0.225 e. The number of aryl methyl sites for hydroxylation is 1. The average Bonchev–Trinajstić information content (AvgIpc) is 3.29. The van der Waals surface area contributed by atoms with Gasteiger partial charge in [0.2, 0.25) is 5.91 Å². The molecule has 2 aromatic heterocycles. The lowest BCUT2D eigenvalue weighted by atomic mass is 10.1. The highest BCUT2D eigenvalue weighted by molar-refractivity contribution is 5.89. The predicted molar refractivity (Wildman–Crippen MR) is 98.3 cm³/mol. The number of benzene rings is 1. The van der Waals surface area contributed by atoms with Gasteiger partial charge in [0.1, 0.15) is 23.2 Å². The van der Waals surface area contributed by atoms with Gasteiger partial charge in [-0.3, -0.25) is 4.79 Å². The molecule has 0 aliphatic heterocycles. The molecule has 26 heavy (non-hydrogen) atoms. The molecule has 1 amide bonds. The zero-order valence-electron chi connectivity index (χ0n) is 14.9. The minimum absolute atomic E-state index is 0.112. The van der Waals surface area contributed by atoms with Crippen molar-refractivity contribution < 1.29 is 13.6 Å². The molecule has 0 spiro atoms. The van der Waals surface area contributed by atoms with Gasteiger partial charge in [-0.15, -0.1) is 0 Å². The number of carbonyl (C=O) groups is 1. The van der Waals surface area contributed by atoms with Crippen LogP contribution in [0.4, 0.5) is 10.2 Å². The molecule has 0 radical (unpaired) electrons. The topological polar surface area (TPSA) is 60.1 Å². The van der Waals surface area contributed by atoms with Crippen LogP contribution in [-0.4, -0.2) is 15.7 Å². The van der Waals surface area contributed by atoms with Gasteiger partial charge in [0.05, 0.1) is 17.8 Å². The highest BCUT2D eigenvalue weighted by Gasteiger charge is 2.13. The summed E-state index contributed by atoms with van der Waals surface area (Å²) < 4.78 is 21.3. The average molecular weight is 355 g/mol. The quantitative estimate of drug-likeness (QED) is 0.661. The third-order valence-electron chi connectivity index (χ3n) is 4.35. The van der Waals surface area contributed by atoms with Gasteiger partial charge in [0, 0.05) is 18.9 Å². The first-order valence-corrected chi connectivity index (χ1v) is 8.75. The van der Waals surface area contributed by atoms with Gasteiger partial charge in [0.15, 0.2) is 0 Å². The van der Waals surface area contributed by atoms with E-state index in [0.717, 1.165) is 6.42 Å². The molecule has 0 aliphatic rings. The summed E-state index contributed by atoms with van der Waals surface area (Å²) in [4.78, 5) is 12.2. The molecule has 1 N–H and O–H groups in total. The maximum atomic E-state index is 13.8. The standard InChI is InChI=1S/C20H22FN3O2/c1-3-14(2)24-19(12-13-22-24)23-20(25)11-9-15-8-10-18(26-15)16-6-4-5-7-17(16)21/h4-8,10,12-14H,3,9,11H2,1-2H3,(H,23,25). The molecule has 0 fully saturated rings. The maximum Gasteiger partial charge on any atom is 0.225 e. The fourth-order valence-corrected chi connectivity index (χ4v) is 2.70. The lowest BCUT2D eigenvalue weighted by Crippen LogP contribution is -2.17. The Hall–Kier alpha value is -2.89. The lowest BCUT2D eigenvalue weighted by molar-refractivity contribution is -0.116. The van der Waals surface area contributed by atoms with Crippen molar-refractivity contribution in [2.75, 3.05) is 5.32 Å². The van der Waals surface area contributed by atoms with E-state index in [0.29, 0.717) is 29.3 Å². The van der Waals surface area contributed by atoms with Crippen LogP contribution in [0.3, 0.4) is 0 Å². The van der Waals surface area contributed by atoms with Crippen LogP contribution < -0.4 is 5.32 Å². The van der Waals surface area contributed by atoms with Gasteiger partial charge >= 0.3 is 0 Å². The summed E-state index contributed by atoms with van der Waals surface area (Å²) in [6, 6.07) is 12.0. The number of rotatable bonds is 7. The zero-order valence-corrected chi connectivity index (χ0v) is 14.9. The third kappa shape index (κ3) is 4.02. The second kappa shape index (κ2) is 7.99. The Morgan fingerprint density at radius 2 is 2.08 bits per heavy atom. The molecule has 2 heterocycles. The number of aromatic nitrogens is 2. The minimum Gasteiger partial charge on any atom is -0.461 e. The van der Waals surface area contributed by atoms with E-state index in [-0.39, 0.29) is 24.2 Å². The highest BCUT2D eigenvalue weighted by atomic mass is 19.1. The number of amides is 1. The molecular weight excluding hydrogens is 333 g/mol. The summed E-state index contributed by atoms with van der Waals surface area (Å²) in [7, 11) is 0. The van der Waals surface area contributed by atoms with Gasteiger partial charge in [-0.2, -0.15) is 5.10 Å². The van der Waals surface area contributed by atoms with E-state index in [1.807, 2.05) is 0 Å². The number of hydrogen-bond acceptors (Lipinski definition) is 3. The molecule has 0 saturated heterocycles. The lowest BCUT2D eigenvalue weighted by Gasteiger charge is -2.14. The van der Waals surface area contributed by atoms with Crippen molar-refractivity contribution in [1.29, 1.82) is 0 Å². The minimum atomic E-state index is -0.329. The largest absolute Gasteiger partial charge is 0.461 e. The van der Waals surface area contributed by atoms with Crippen LogP contribution in [0.2, 0.25) is 0 Å². The number of anilines is 1. The van der Waals surface area contributed by atoms with E-state index >= 15 is 0 Å². The summed E-state index contributed by atoms with van der Waals surface area (Å²) in [5, 5.41) is 7.13. The normalized spacial score (nSPS) is 12.1. The van der Waals surface area contributed by atoms with Crippen molar-refractivity contribution in [2.24, 2.45) is 0 Å². The Morgan fingerprint density at radius 3 is 2.85 bits per heavy atom. The highest BCUT2D eigenvalue weighted by Crippen LogP contribution is 2.25. The fourth-order valence-electron chi connectivity index (χ4n) is 2.70. The first kappa shape index (κ1) is 17.9.